The molecule has 0 unspecified atom stereocenters. The molecule has 0 aliphatic heterocycles. The van der Waals surface area contributed by atoms with E-state index in [0.29, 0.717) is 57.6 Å². The van der Waals surface area contributed by atoms with E-state index in [2.05, 4.69) is 15.3 Å². The predicted octanol–water partition coefficient (Wildman–Crippen LogP) is 5.31. The molecule has 3 aromatic carbocycles. The SMILES string of the molecule is COc1cc2nc(-c3ccc(F)c(Cl)c3)nc(NCc3ccc(OC)c(OC)c3)c2cc1N. The predicted molar refractivity (Wildman–Crippen MR) is 128 cm³/mol. The van der Waals surface area contributed by atoms with Crippen molar-refractivity contribution in [1.82, 2.24) is 9.97 Å². The van der Waals surface area contributed by atoms with Gasteiger partial charge >= 0.3 is 0 Å². The van der Waals surface area contributed by atoms with Crippen LogP contribution in [0.25, 0.3) is 22.3 Å². The van der Waals surface area contributed by atoms with Gasteiger partial charge in [0.1, 0.15) is 17.4 Å². The summed E-state index contributed by atoms with van der Waals surface area (Å²) < 4.78 is 29.7. The molecule has 7 nitrogen and oxygen atoms in total. The maximum absolute atomic E-state index is 13.7. The summed E-state index contributed by atoms with van der Waals surface area (Å²) in [6.45, 7) is 0.446. The fourth-order valence-electron chi connectivity index (χ4n) is 3.43. The van der Waals surface area contributed by atoms with Crippen LogP contribution in [0.3, 0.4) is 0 Å². The number of benzene rings is 3. The smallest absolute Gasteiger partial charge is 0.162 e. The number of fused-ring (bicyclic) bond motifs is 1. The van der Waals surface area contributed by atoms with Gasteiger partial charge in [-0.2, -0.15) is 0 Å². The van der Waals surface area contributed by atoms with Crippen LogP contribution in [0.15, 0.2) is 48.5 Å². The first kappa shape index (κ1) is 22.4. The summed E-state index contributed by atoms with van der Waals surface area (Å²) in [5.41, 5.74) is 8.73. The molecule has 0 saturated carbocycles. The minimum Gasteiger partial charge on any atom is -0.495 e. The van der Waals surface area contributed by atoms with Gasteiger partial charge in [-0.3, -0.25) is 0 Å². The fraction of sp³-hybridized carbons (Fsp3) is 0.167. The number of ether oxygens (including phenoxy) is 3. The molecule has 0 radical (unpaired) electrons. The number of nitrogens with two attached hydrogens (primary N) is 1. The van der Waals surface area contributed by atoms with Gasteiger partial charge in [0.2, 0.25) is 0 Å². The highest BCUT2D eigenvalue weighted by Gasteiger charge is 2.14. The minimum atomic E-state index is -0.512. The first-order valence-electron chi connectivity index (χ1n) is 9.99. The van der Waals surface area contributed by atoms with Crippen LogP contribution in [0.4, 0.5) is 15.9 Å². The lowest BCUT2D eigenvalue weighted by Gasteiger charge is -2.14. The molecule has 3 N–H and O–H groups in total. The summed E-state index contributed by atoms with van der Waals surface area (Å²) in [6.07, 6.45) is 0. The molecule has 0 aliphatic carbocycles. The Hall–Kier alpha value is -3.78. The Morgan fingerprint density at radius 3 is 2.36 bits per heavy atom. The summed E-state index contributed by atoms with van der Waals surface area (Å²) >= 11 is 5.98. The van der Waals surface area contributed by atoms with Crippen molar-refractivity contribution in [2.24, 2.45) is 0 Å². The van der Waals surface area contributed by atoms with Gasteiger partial charge in [0, 0.05) is 23.6 Å². The Labute approximate surface area is 195 Å². The summed E-state index contributed by atoms with van der Waals surface area (Å²) in [4.78, 5) is 9.30. The lowest BCUT2D eigenvalue weighted by molar-refractivity contribution is 0.354. The highest BCUT2D eigenvalue weighted by atomic mass is 35.5. The van der Waals surface area contributed by atoms with Crippen molar-refractivity contribution in [1.29, 1.82) is 0 Å². The van der Waals surface area contributed by atoms with Crippen LogP contribution in [0, 0.1) is 5.82 Å². The fourth-order valence-corrected chi connectivity index (χ4v) is 3.61. The van der Waals surface area contributed by atoms with Gasteiger partial charge in [0.15, 0.2) is 17.3 Å². The van der Waals surface area contributed by atoms with Gasteiger partial charge in [0.05, 0.1) is 37.6 Å². The molecule has 170 valence electrons. The highest BCUT2D eigenvalue weighted by Crippen LogP contribution is 2.34. The molecule has 0 saturated heterocycles. The number of hydrogen-bond acceptors (Lipinski definition) is 7. The number of methoxy groups -OCH3 is 3. The molecule has 1 aromatic heterocycles. The zero-order valence-electron chi connectivity index (χ0n) is 18.3. The van der Waals surface area contributed by atoms with Crippen molar-refractivity contribution < 1.29 is 18.6 Å². The Kier molecular flexibility index (Phi) is 6.37. The molecular formula is C24H22ClFN4O3. The van der Waals surface area contributed by atoms with Crippen LogP contribution in [0.5, 0.6) is 17.2 Å². The van der Waals surface area contributed by atoms with Crippen molar-refractivity contribution in [2.45, 2.75) is 6.54 Å². The molecule has 9 heteroatoms. The van der Waals surface area contributed by atoms with E-state index in [-0.39, 0.29) is 5.02 Å². The molecule has 4 aromatic rings. The zero-order valence-corrected chi connectivity index (χ0v) is 19.0. The lowest BCUT2D eigenvalue weighted by atomic mass is 10.1. The third kappa shape index (κ3) is 4.56. The summed E-state index contributed by atoms with van der Waals surface area (Å²) in [6, 6.07) is 13.5. The third-order valence-corrected chi connectivity index (χ3v) is 5.42. The number of hydrogen-bond donors (Lipinski definition) is 2. The lowest BCUT2D eigenvalue weighted by Crippen LogP contribution is -2.05. The topological polar surface area (TPSA) is 91.5 Å². The van der Waals surface area contributed by atoms with E-state index in [1.165, 1.54) is 19.2 Å². The molecule has 0 spiro atoms. The minimum absolute atomic E-state index is 0.00841. The van der Waals surface area contributed by atoms with E-state index in [9.17, 15) is 4.39 Å². The van der Waals surface area contributed by atoms with Crippen LogP contribution < -0.4 is 25.3 Å². The quantitative estimate of drug-likeness (QED) is 0.355. The van der Waals surface area contributed by atoms with Crippen LogP contribution in [0.1, 0.15) is 5.56 Å². The zero-order chi connectivity index (χ0) is 23.5. The van der Waals surface area contributed by atoms with Crippen molar-refractivity contribution in [3.05, 3.63) is 64.9 Å². The molecule has 0 bridgehead atoms. The summed E-state index contributed by atoms with van der Waals surface area (Å²) in [7, 11) is 4.71. The third-order valence-electron chi connectivity index (χ3n) is 5.13. The molecule has 0 amide bonds. The van der Waals surface area contributed by atoms with Gasteiger partial charge in [-0.25, -0.2) is 14.4 Å². The Morgan fingerprint density at radius 2 is 1.67 bits per heavy atom. The first-order chi connectivity index (χ1) is 15.9. The molecular weight excluding hydrogens is 447 g/mol. The van der Waals surface area contributed by atoms with Crippen molar-refractivity contribution in [3.8, 4) is 28.6 Å². The van der Waals surface area contributed by atoms with E-state index >= 15 is 0 Å². The summed E-state index contributed by atoms with van der Waals surface area (Å²) in [5.74, 6) is 2.19. The number of aromatic nitrogens is 2. The average Bonchev–Trinajstić information content (AvgIpc) is 2.83. The molecule has 0 fully saturated rings. The van der Waals surface area contributed by atoms with Crippen molar-refractivity contribution in [2.75, 3.05) is 32.4 Å². The monoisotopic (exact) mass is 468 g/mol. The molecule has 1 heterocycles. The second-order valence-corrected chi connectivity index (χ2v) is 7.59. The van der Waals surface area contributed by atoms with Gasteiger partial charge in [-0.15, -0.1) is 0 Å². The van der Waals surface area contributed by atoms with E-state index in [1.54, 1.807) is 32.4 Å². The van der Waals surface area contributed by atoms with Crippen LogP contribution >= 0.6 is 11.6 Å². The average molecular weight is 469 g/mol. The maximum atomic E-state index is 13.7. The second-order valence-electron chi connectivity index (χ2n) is 7.18. The van der Waals surface area contributed by atoms with E-state index < -0.39 is 5.82 Å². The van der Waals surface area contributed by atoms with Gasteiger partial charge in [-0.1, -0.05) is 17.7 Å². The van der Waals surface area contributed by atoms with Crippen molar-refractivity contribution in [3.63, 3.8) is 0 Å². The molecule has 0 aliphatic rings. The van der Waals surface area contributed by atoms with E-state index in [0.717, 1.165) is 5.56 Å². The van der Waals surface area contributed by atoms with Gasteiger partial charge < -0.3 is 25.3 Å². The van der Waals surface area contributed by atoms with E-state index in [1.807, 2.05) is 18.2 Å². The highest BCUT2D eigenvalue weighted by molar-refractivity contribution is 6.31. The standard InChI is InChI=1S/C24H22ClFN4O3/c1-31-20-7-4-13(8-22(20)33-3)12-28-24-15-10-18(27)21(32-2)11-19(15)29-23(30-24)14-5-6-17(26)16(25)9-14/h4-11H,12,27H2,1-3H3,(H,28,29,30). The Bertz CT molecular complexity index is 1330. The van der Waals surface area contributed by atoms with E-state index in [4.69, 9.17) is 31.5 Å². The number of rotatable bonds is 7. The van der Waals surface area contributed by atoms with Crippen molar-refractivity contribution >= 4 is 34.0 Å². The summed E-state index contributed by atoms with van der Waals surface area (Å²) in [5, 5.41) is 4.05. The van der Waals surface area contributed by atoms with Crippen LogP contribution in [0.2, 0.25) is 5.02 Å². The molecule has 0 atom stereocenters. The number of anilines is 2. The Morgan fingerprint density at radius 1 is 0.909 bits per heavy atom. The molecule has 33 heavy (non-hydrogen) atoms. The second kappa shape index (κ2) is 9.38. The number of nitrogens with one attached hydrogen (secondary N) is 1. The number of nitrogens with zero attached hydrogens (tertiary/aromatic N) is 2. The van der Waals surface area contributed by atoms with Gasteiger partial charge in [-0.05, 0) is 42.0 Å². The Balaban J connectivity index is 1.78. The maximum Gasteiger partial charge on any atom is 0.162 e. The van der Waals surface area contributed by atoms with Crippen LogP contribution in [-0.4, -0.2) is 31.3 Å². The number of nitrogen functional groups attached to an aromatic ring is 1. The van der Waals surface area contributed by atoms with Crippen LogP contribution in [-0.2, 0) is 6.54 Å². The molecule has 4 rings (SSSR count). The first-order valence-corrected chi connectivity index (χ1v) is 10.4. The largest absolute Gasteiger partial charge is 0.495 e. The number of halogens is 2. The normalized spacial score (nSPS) is 10.8. The van der Waals surface area contributed by atoms with Gasteiger partial charge in [0.25, 0.3) is 0 Å².